The van der Waals surface area contributed by atoms with Crippen LogP contribution >= 0.6 is 11.8 Å². The Morgan fingerprint density at radius 1 is 1.24 bits per heavy atom. The van der Waals surface area contributed by atoms with Crippen LogP contribution in [0.1, 0.15) is 48.5 Å². The zero-order valence-corrected chi connectivity index (χ0v) is 17.6. The third-order valence-corrected chi connectivity index (χ3v) is 6.47. The quantitative estimate of drug-likeness (QED) is 0.816. The summed E-state index contributed by atoms with van der Waals surface area (Å²) in [5, 5.41) is 11.8. The number of aryl methyl sites for hydroxylation is 3. The lowest BCUT2D eigenvalue weighted by molar-refractivity contribution is -0.121. The zero-order chi connectivity index (χ0) is 20.4. The second-order valence-electron chi connectivity index (χ2n) is 7.69. The first-order valence-electron chi connectivity index (χ1n) is 10.1. The Kier molecular flexibility index (Phi) is 5.80. The summed E-state index contributed by atoms with van der Waals surface area (Å²) in [6, 6.07) is 5.87. The minimum absolute atomic E-state index is 0.113. The summed E-state index contributed by atoms with van der Waals surface area (Å²) in [6.45, 7) is 4.89. The van der Waals surface area contributed by atoms with Crippen molar-refractivity contribution in [1.29, 1.82) is 0 Å². The van der Waals surface area contributed by atoms with E-state index in [4.69, 9.17) is 0 Å². The highest BCUT2D eigenvalue weighted by Crippen LogP contribution is 2.28. The van der Waals surface area contributed by atoms with E-state index in [9.17, 15) is 9.59 Å². The molecule has 7 nitrogen and oxygen atoms in total. The van der Waals surface area contributed by atoms with Gasteiger partial charge in [0.1, 0.15) is 16.9 Å². The van der Waals surface area contributed by atoms with Crippen LogP contribution in [-0.2, 0) is 29.0 Å². The number of thioether (sulfide) groups is 1. The molecule has 0 bridgehead atoms. The molecule has 1 atom stereocenters. The predicted octanol–water partition coefficient (Wildman–Crippen LogP) is 3.23. The van der Waals surface area contributed by atoms with Gasteiger partial charge in [-0.1, -0.05) is 35.9 Å². The molecule has 152 valence electrons. The van der Waals surface area contributed by atoms with E-state index in [1.165, 1.54) is 18.2 Å². The SMILES string of the molecule is Cc1ccc(NC(=O)C[C@@H]2SC(Cc3nnc4n3CCCCC4)=NC2=O)c(C)c1. The topological polar surface area (TPSA) is 89.2 Å². The van der Waals surface area contributed by atoms with Crippen LogP contribution in [0, 0.1) is 13.8 Å². The molecule has 0 fully saturated rings. The van der Waals surface area contributed by atoms with E-state index in [-0.39, 0.29) is 18.2 Å². The third kappa shape index (κ3) is 4.58. The van der Waals surface area contributed by atoms with Crippen LogP contribution in [0.25, 0.3) is 0 Å². The second-order valence-corrected chi connectivity index (χ2v) is 8.97. The molecule has 29 heavy (non-hydrogen) atoms. The highest BCUT2D eigenvalue weighted by atomic mass is 32.2. The second kappa shape index (κ2) is 8.49. The molecule has 2 amide bonds. The van der Waals surface area contributed by atoms with Gasteiger partial charge in [0.05, 0.1) is 11.5 Å². The molecule has 0 aliphatic carbocycles. The van der Waals surface area contributed by atoms with Crippen LogP contribution in [0.4, 0.5) is 5.69 Å². The average molecular weight is 412 g/mol. The molecule has 1 aromatic heterocycles. The highest BCUT2D eigenvalue weighted by Gasteiger charge is 2.31. The van der Waals surface area contributed by atoms with Crippen molar-refractivity contribution in [3.05, 3.63) is 41.0 Å². The average Bonchev–Trinajstić information content (AvgIpc) is 3.11. The lowest BCUT2D eigenvalue weighted by Crippen LogP contribution is -2.21. The van der Waals surface area contributed by atoms with Crippen molar-refractivity contribution >= 4 is 34.3 Å². The van der Waals surface area contributed by atoms with E-state index in [2.05, 4.69) is 25.1 Å². The number of aliphatic imine (C=N–C) groups is 1. The first-order chi connectivity index (χ1) is 14.0. The number of hydrogen-bond donors (Lipinski definition) is 1. The Bertz CT molecular complexity index is 981. The Labute approximate surface area is 174 Å². The standard InChI is InChI=1S/C21H25N5O2S/c1-13-7-8-15(14(2)10-13)22-19(27)11-16-21(28)23-20(29-16)12-18-25-24-17-6-4-3-5-9-26(17)18/h7-8,10,16H,3-6,9,11-12H2,1-2H3,(H,22,27)/t16-/m0/s1. The van der Waals surface area contributed by atoms with Crippen LogP contribution in [0.2, 0.25) is 0 Å². The smallest absolute Gasteiger partial charge is 0.260 e. The van der Waals surface area contributed by atoms with E-state index >= 15 is 0 Å². The van der Waals surface area contributed by atoms with Crippen molar-refractivity contribution in [1.82, 2.24) is 14.8 Å². The van der Waals surface area contributed by atoms with Gasteiger partial charge in [-0.25, -0.2) is 4.99 Å². The molecule has 2 aliphatic heterocycles. The van der Waals surface area contributed by atoms with Gasteiger partial charge in [0, 0.05) is 25.1 Å². The summed E-state index contributed by atoms with van der Waals surface area (Å²) in [6.07, 6.45) is 5.03. The van der Waals surface area contributed by atoms with Crippen LogP contribution in [0.3, 0.4) is 0 Å². The molecule has 0 unspecified atom stereocenters. The summed E-state index contributed by atoms with van der Waals surface area (Å²) in [5.41, 5.74) is 2.93. The normalized spacial score (nSPS) is 18.9. The van der Waals surface area contributed by atoms with Gasteiger partial charge in [-0.2, -0.15) is 0 Å². The van der Waals surface area contributed by atoms with Gasteiger partial charge < -0.3 is 9.88 Å². The molecule has 2 aliphatic rings. The van der Waals surface area contributed by atoms with Gasteiger partial charge >= 0.3 is 0 Å². The summed E-state index contributed by atoms with van der Waals surface area (Å²) in [7, 11) is 0. The lowest BCUT2D eigenvalue weighted by atomic mass is 10.1. The van der Waals surface area contributed by atoms with Crippen molar-refractivity contribution in [3.63, 3.8) is 0 Å². The van der Waals surface area contributed by atoms with Gasteiger partial charge in [-0.15, -0.1) is 10.2 Å². The number of benzene rings is 1. The third-order valence-electron chi connectivity index (χ3n) is 5.31. The Morgan fingerprint density at radius 3 is 2.93 bits per heavy atom. The fourth-order valence-electron chi connectivity index (χ4n) is 3.78. The molecule has 4 rings (SSSR count). The number of anilines is 1. The van der Waals surface area contributed by atoms with Gasteiger partial charge in [0.25, 0.3) is 5.91 Å². The van der Waals surface area contributed by atoms with Crippen LogP contribution in [0.15, 0.2) is 23.2 Å². The van der Waals surface area contributed by atoms with Gasteiger partial charge in [0.15, 0.2) is 0 Å². The molecule has 0 spiro atoms. The molecule has 0 saturated heterocycles. The number of aromatic nitrogens is 3. The molecule has 1 N–H and O–H groups in total. The van der Waals surface area contributed by atoms with E-state index < -0.39 is 5.25 Å². The molecular weight excluding hydrogens is 386 g/mol. The number of rotatable bonds is 5. The van der Waals surface area contributed by atoms with Crippen molar-refractivity contribution in [2.75, 3.05) is 5.32 Å². The van der Waals surface area contributed by atoms with Gasteiger partial charge in [0.2, 0.25) is 5.91 Å². The van der Waals surface area contributed by atoms with Gasteiger partial charge in [-0.3, -0.25) is 9.59 Å². The molecule has 8 heteroatoms. The monoisotopic (exact) mass is 411 g/mol. The molecule has 3 heterocycles. The Morgan fingerprint density at radius 2 is 2.10 bits per heavy atom. The largest absolute Gasteiger partial charge is 0.326 e. The summed E-state index contributed by atoms with van der Waals surface area (Å²) in [5.74, 6) is 1.48. The van der Waals surface area contributed by atoms with Crippen molar-refractivity contribution in [3.8, 4) is 0 Å². The van der Waals surface area contributed by atoms with Crippen molar-refractivity contribution < 1.29 is 9.59 Å². The minimum Gasteiger partial charge on any atom is -0.326 e. The first-order valence-corrected chi connectivity index (χ1v) is 10.9. The summed E-state index contributed by atoms with van der Waals surface area (Å²) in [4.78, 5) is 29.0. The molecule has 0 radical (unpaired) electrons. The fraction of sp³-hybridized carbons (Fsp3) is 0.476. The number of nitrogens with one attached hydrogen (secondary N) is 1. The van der Waals surface area contributed by atoms with E-state index in [0.717, 1.165) is 59.3 Å². The molecule has 1 aromatic carbocycles. The summed E-state index contributed by atoms with van der Waals surface area (Å²) < 4.78 is 2.17. The molecular formula is C21H25N5O2S. The first kappa shape index (κ1) is 19.8. The number of carbonyl (C=O) groups excluding carboxylic acids is 2. The predicted molar refractivity (Wildman–Crippen MR) is 114 cm³/mol. The maximum absolute atomic E-state index is 12.5. The maximum atomic E-state index is 12.5. The molecule has 0 saturated carbocycles. The number of fused-ring (bicyclic) bond motifs is 1. The van der Waals surface area contributed by atoms with Crippen LogP contribution in [0.5, 0.6) is 0 Å². The fourth-order valence-corrected chi connectivity index (χ4v) is 4.85. The highest BCUT2D eigenvalue weighted by molar-refractivity contribution is 8.15. The van der Waals surface area contributed by atoms with Crippen LogP contribution < -0.4 is 5.32 Å². The maximum Gasteiger partial charge on any atom is 0.260 e. The minimum atomic E-state index is -0.470. The lowest BCUT2D eigenvalue weighted by Gasteiger charge is -2.11. The van der Waals surface area contributed by atoms with Crippen LogP contribution in [-0.4, -0.2) is 36.9 Å². The van der Waals surface area contributed by atoms with Gasteiger partial charge in [-0.05, 0) is 38.3 Å². The number of hydrogen-bond acceptors (Lipinski definition) is 5. The molecule has 2 aromatic rings. The number of carbonyl (C=O) groups is 2. The zero-order valence-electron chi connectivity index (χ0n) is 16.8. The van der Waals surface area contributed by atoms with E-state index in [1.54, 1.807) is 0 Å². The number of amides is 2. The number of nitrogens with zero attached hydrogens (tertiary/aromatic N) is 4. The summed E-state index contributed by atoms with van der Waals surface area (Å²) >= 11 is 1.38. The Balaban J connectivity index is 1.36. The van der Waals surface area contributed by atoms with E-state index in [1.807, 2.05) is 32.0 Å². The van der Waals surface area contributed by atoms with Crippen molar-refractivity contribution in [2.24, 2.45) is 4.99 Å². The van der Waals surface area contributed by atoms with E-state index in [0.29, 0.717) is 6.42 Å². The Hall–Kier alpha value is -2.48. The van der Waals surface area contributed by atoms with Crippen molar-refractivity contribution in [2.45, 2.75) is 64.2 Å².